The van der Waals surface area contributed by atoms with E-state index in [-0.39, 0.29) is 93.3 Å². The van der Waals surface area contributed by atoms with E-state index in [4.69, 9.17) is 0 Å². The molecule has 0 unspecified atom stereocenters. The smallest absolute Gasteiger partial charge is 0.159 e. The van der Waals surface area contributed by atoms with Crippen molar-refractivity contribution in [3.05, 3.63) is 414 Å². The van der Waals surface area contributed by atoms with Crippen molar-refractivity contribution in [1.29, 1.82) is 0 Å². The Balaban J connectivity index is 0.000000207. The Morgan fingerprint density at radius 2 is 0.554 bits per heavy atom. The Hall–Kier alpha value is -11.9. The summed E-state index contributed by atoms with van der Waals surface area (Å²) in [6.07, 6.45) is 0. The molecule has 130 heavy (non-hydrogen) atoms. The minimum Gasteiger partial charge on any atom is -0.207 e. The zero-order valence-corrected chi connectivity index (χ0v) is 78.3. The highest BCUT2D eigenvalue weighted by Gasteiger charge is 2.27. The molecule has 0 bridgehead atoms. The lowest BCUT2D eigenvalue weighted by molar-refractivity contribution is 0.507. The molecule has 14 rings (SSSR count). The van der Waals surface area contributed by atoms with Gasteiger partial charge in [0.15, 0.2) is 11.6 Å². The maximum Gasteiger partial charge on any atom is 0.159 e. The van der Waals surface area contributed by atoms with Crippen LogP contribution >= 0.6 is 0 Å². The van der Waals surface area contributed by atoms with Crippen LogP contribution in [-0.4, -0.2) is 0 Å². The summed E-state index contributed by atoms with van der Waals surface area (Å²) < 4.78 is 195. The van der Waals surface area contributed by atoms with Gasteiger partial charge in [-0.05, 0) is 231 Å². The van der Waals surface area contributed by atoms with E-state index in [1.807, 2.05) is 233 Å². The SMILES string of the molecule is C.Cc1cc(F)c(F)cc1-c1cccc(C(C)(C)C)c1F.Cc1cc(F)cc(F)c1-c1cccc(C(C)C)c1.Cc1cc(F)cc(F)c1-c1cccc(C(C)C)c1F.Cc1cc(F)ccc1-c1cccc(C(C)(C)C)c1F.Cc1cccc(-c2cccc(C(C)(C)C)c2F)c1.Cc1cccc(F)c1-c1cccc(C(C)C)c1F.Cc1ccccc1-c1cccc(C(C)C)c1F. The van der Waals surface area contributed by atoms with Gasteiger partial charge in [-0.15, -0.1) is 0 Å². The highest BCUT2D eigenvalue weighted by molar-refractivity contribution is 5.75. The third kappa shape index (κ3) is 26.7. The van der Waals surface area contributed by atoms with Gasteiger partial charge in [0.05, 0.1) is 0 Å². The van der Waals surface area contributed by atoms with Gasteiger partial charge in [0.1, 0.15) is 69.8 Å². The van der Waals surface area contributed by atoms with Crippen molar-refractivity contribution < 1.29 is 61.5 Å². The van der Waals surface area contributed by atoms with Crippen molar-refractivity contribution in [2.45, 2.75) is 214 Å². The van der Waals surface area contributed by atoms with Crippen molar-refractivity contribution in [3.63, 3.8) is 0 Å². The molecule has 684 valence electrons. The van der Waals surface area contributed by atoms with Gasteiger partial charge >= 0.3 is 0 Å². The van der Waals surface area contributed by atoms with Gasteiger partial charge in [-0.3, -0.25) is 0 Å². The van der Waals surface area contributed by atoms with Gasteiger partial charge in [-0.25, -0.2) is 61.5 Å². The number of benzene rings is 14. The summed E-state index contributed by atoms with van der Waals surface area (Å²) in [4.78, 5) is 0. The predicted molar refractivity (Wildman–Crippen MR) is 515 cm³/mol. The molecular formula is C116H122F14. The molecule has 14 aromatic rings. The van der Waals surface area contributed by atoms with Gasteiger partial charge in [0.25, 0.3) is 0 Å². The Bertz CT molecular complexity index is 6150. The third-order valence-electron chi connectivity index (χ3n) is 22.3. The topological polar surface area (TPSA) is 0 Å². The lowest BCUT2D eigenvalue weighted by Gasteiger charge is -2.21. The Labute approximate surface area is 762 Å². The molecule has 0 fully saturated rings. The molecule has 0 heterocycles. The van der Waals surface area contributed by atoms with Gasteiger partial charge in [-0.1, -0.05) is 331 Å². The third-order valence-corrected chi connectivity index (χ3v) is 22.3. The van der Waals surface area contributed by atoms with E-state index < -0.39 is 40.7 Å². The lowest BCUT2D eigenvalue weighted by atomic mass is 9.84. The van der Waals surface area contributed by atoms with E-state index >= 15 is 0 Å². The van der Waals surface area contributed by atoms with Gasteiger partial charge in [-0.2, -0.15) is 0 Å². The second-order valence-corrected chi connectivity index (χ2v) is 36.9. The van der Waals surface area contributed by atoms with E-state index in [1.165, 1.54) is 36.4 Å². The highest BCUT2D eigenvalue weighted by atomic mass is 19.2. The number of aryl methyl sites for hydroxylation is 7. The van der Waals surface area contributed by atoms with Crippen LogP contribution in [0.3, 0.4) is 0 Å². The molecule has 14 aromatic carbocycles. The number of hydrogen-bond acceptors (Lipinski definition) is 0. The second kappa shape index (κ2) is 45.6. The van der Waals surface area contributed by atoms with E-state index in [0.29, 0.717) is 89.4 Å². The van der Waals surface area contributed by atoms with Gasteiger partial charge < -0.3 is 0 Å². The Morgan fingerprint density at radius 3 is 0.992 bits per heavy atom. The molecule has 0 saturated carbocycles. The summed E-state index contributed by atoms with van der Waals surface area (Å²) in [7, 11) is 0. The van der Waals surface area contributed by atoms with Crippen molar-refractivity contribution >= 4 is 0 Å². The molecule has 0 amide bonds. The first-order valence-corrected chi connectivity index (χ1v) is 43.3. The second-order valence-electron chi connectivity index (χ2n) is 36.9. The van der Waals surface area contributed by atoms with E-state index in [0.717, 1.165) is 85.5 Å². The summed E-state index contributed by atoms with van der Waals surface area (Å²) in [6.45, 7) is 46.1. The van der Waals surface area contributed by atoms with Crippen LogP contribution in [0, 0.1) is 130 Å². The quantitative estimate of drug-likeness (QED) is 0.113. The minimum atomic E-state index is -0.967. The van der Waals surface area contributed by atoms with Crippen molar-refractivity contribution in [1.82, 2.24) is 0 Å². The molecule has 0 saturated heterocycles. The fraction of sp³-hybridized carbons (Fsp3) is 0.276. The van der Waals surface area contributed by atoms with Crippen LogP contribution in [0.15, 0.2) is 255 Å². The average Bonchev–Trinajstić information content (AvgIpc) is 0.763. The summed E-state index contributed by atoms with van der Waals surface area (Å²) >= 11 is 0. The minimum absolute atomic E-state index is 0. The van der Waals surface area contributed by atoms with Gasteiger partial charge in [0, 0.05) is 62.2 Å². The summed E-state index contributed by atoms with van der Waals surface area (Å²) in [5, 5.41) is 0. The lowest BCUT2D eigenvalue weighted by Crippen LogP contribution is -2.14. The van der Waals surface area contributed by atoms with E-state index in [9.17, 15) is 61.5 Å². The molecule has 14 heteroatoms. The molecule has 0 radical (unpaired) electrons. The Morgan fingerprint density at radius 1 is 0.208 bits per heavy atom. The van der Waals surface area contributed by atoms with Crippen LogP contribution in [0.2, 0.25) is 0 Å². The molecule has 0 aliphatic rings. The molecule has 0 aromatic heterocycles. The number of hydrogen-bond donors (Lipinski definition) is 0. The zero-order valence-electron chi connectivity index (χ0n) is 78.3. The largest absolute Gasteiger partial charge is 0.207 e. The van der Waals surface area contributed by atoms with E-state index in [2.05, 4.69) is 13.8 Å². The summed E-state index contributed by atoms with van der Waals surface area (Å²) in [6, 6.07) is 71.0. The molecule has 0 atom stereocenters. The van der Waals surface area contributed by atoms with Crippen LogP contribution in [0.25, 0.3) is 77.9 Å². The normalized spacial score (nSPS) is 11.2. The average molecular weight is 1780 g/mol. The predicted octanol–water partition coefficient (Wildman–Crippen LogP) is 36.6. The van der Waals surface area contributed by atoms with Crippen molar-refractivity contribution in [3.8, 4) is 77.9 Å². The van der Waals surface area contributed by atoms with Crippen LogP contribution < -0.4 is 0 Å². The molecule has 0 nitrogen and oxygen atoms in total. The monoisotopic (exact) mass is 1780 g/mol. The molecule has 0 spiro atoms. The Kier molecular flexibility index (Phi) is 36.9. The molecule has 0 aliphatic carbocycles. The molecular weight excluding hydrogens is 1660 g/mol. The summed E-state index contributed by atoms with van der Waals surface area (Å²) in [5.41, 5.74) is 17.1. The van der Waals surface area contributed by atoms with Crippen molar-refractivity contribution in [2.75, 3.05) is 0 Å². The van der Waals surface area contributed by atoms with Crippen LogP contribution in [0.1, 0.15) is 227 Å². The van der Waals surface area contributed by atoms with Gasteiger partial charge in [0.2, 0.25) is 0 Å². The van der Waals surface area contributed by atoms with E-state index in [1.54, 1.807) is 113 Å². The zero-order chi connectivity index (χ0) is 95.8. The maximum absolute atomic E-state index is 14.7. The standard InChI is InChI=1S/C17H17F3.C17H18F2.C17H19F.C16H15F3.2C16H16F2.C16H17F.CH4/c1-10-8-14(18)15(19)9-12(10)11-6-5-7-13(16(11)20)17(2,3)4;1-11-10-12(18)8-9-13(11)14-6-5-7-15(16(14)19)17(2,3)4;1-12-7-5-8-13(11-12)14-9-6-10-15(16(14)18)17(2,3)4;1-9(2)12-5-4-6-13(16(12)19)15-10(3)7-11(17)8-14(15)18;1-10(2)12-7-5-8-13(16(12)18)15-11(3)6-4-9-14(15)17;1-10(2)12-5-4-6-13(8-12)16-11(3)7-14(17)9-15(16)18;1-11(2)13-9-6-10-15(16(13)17)14-8-5-4-7-12(14)3;/h5-9H,1-4H3;5-10H,1-4H3;5-11H,1-4H3;4-9H,1-3H3;2*4-10H,1-3H3;4-11H,1-3H3;1H4. The first-order valence-electron chi connectivity index (χ1n) is 43.3. The van der Waals surface area contributed by atoms with Crippen LogP contribution in [-0.2, 0) is 16.2 Å². The highest BCUT2D eigenvalue weighted by Crippen LogP contribution is 2.41. The maximum atomic E-state index is 14.7. The molecule has 0 N–H and O–H groups in total. The fourth-order valence-corrected chi connectivity index (χ4v) is 15.2. The first kappa shape index (κ1) is 105. The van der Waals surface area contributed by atoms with Crippen molar-refractivity contribution in [2.24, 2.45) is 0 Å². The summed E-state index contributed by atoms with van der Waals surface area (Å²) in [5.74, 6) is -5.86. The number of halogens is 14. The molecule has 0 aliphatic heterocycles. The number of rotatable bonds is 11. The fourth-order valence-electron chi connectivity index (χ4n) is 15.2. The van der Waals surface area contributed by atoms with Crippen LogP contribution in [0.4, 0.5) is 61.5 Å². The first-order chi connectivity index (χ1) is 60.4. The van der Waals surface area contributed by atoms with Crippen LogP contribution in [0.5, 0.6) is 0 Å².